The van der Waals surface area contributed by atoms with E-state index in [9.17, 15) is 18.0 Å². The molecule has 1 nitrogen and oxygen atoms in total. The van der Waals surface area contributed by atoms with Crippen LogP contribution in [0.15, 0.2) is 12.1 Å². The van der Waals surface area contributed by atoms with Crippen LogP contribution in [0.2, 0.25) is 0 Å². The van der Waals surface area contributed by atoms with Crippen molar-refractivity contribution in [3.8, 4) is 0 Å². The van der Waals surface area contributed by atoms with Gasteiger partial charge in [-0.3, -0.25) is 4.79 Å². The Morgan fingerprint density at radius 2 is 1.93 bits per heavy atom. The van der Waals surface area contributed by atoms with Gasteiger partial charge in [-0.2, -0.15) is 13.2 Å². The molecule has 15 heavy (non-hydrogen) atoms. The molecule has 0 heterocycles. The normalized spacial score (nSPS) is 11.5. The molecule has 0 aliphatic carbocycles. The Hall–Kier alpha value is -1.32. The van der Waals surface area contributed by atoms with E-state index in [0.29, 0.717) is 23.8 Å². The van der Waals surface area contributed by atoms with Crippen molar-refractivity contribution in [1.82, 2.24) is 0 Å². The minimum atomic E-state index is -4.35. The zero-order chi connectivity index (χ0) is 11.6. The molecule has 0 unspecified atom stereocenters. The van der Waals surface area contributed by atoms with Gasteiger partial charge in [-0.15, -0.1) is 0 Å². The van der Waals surface area contributed by atoms with Gasteiger partial charge in [0.05, 0.1) is 5.56 Å². The maximum Gasteiger partial charge on any atom is 0.416 e. The fourth-order valence-electron chi connectivity index (χ4n) is 1.66. The number of halogens is 3. The van der Waals surface area contributed by atoms with Crippen molar-refractivity contribution in [3.05, 3.63) is 34.4 Å². The van der Waals surface area contributed by atoms with Gasteiger partial charge in [0.25, 0.3) is 0 Å². The van der Waals surface area contributed by atoms with Crippen molar-refractivity contribution in [2.45, 2.75) is 26.4 Å². The van der Waals surface area contributed by atoms with Crippen molar-refractivity contribution in [3.63, 3.8) is 0 Å². The first-order valence-corrected chi connectivity index (χ1v) is 4.56. The molecule has 0 bridgehead atoms. The number of carbonyl (C=O) groups is 1. The Morgan fingerprint density at radius 3 is 2.33 bits per heavy atom. The highest BCUT2D eigenvalue weighted by atomic mass is 19.4. The van der Waals surface area contributed by atoms with Crippen LogP contribution >= 0.6 is 0 Å². The highest BCUT2D eigenvalue weighted by Crippen LogP contribution is 2.33. The third-order valence-corrected chi connectivity index (χ3v) is 2.42. The Morgan fingerprint density at radius 1 is 1.33 bits per heavy atom. The molecule has 0 radical (unpaired) electrons. The summed E-state index contributed by atoms with van der Waals surface area (Å²) in [6.45, 7) is 3.13. The molecule has 0 amide bonds. The molecule has 0 atom stereocenters. The van der Waals surface area contributed by atoms with Crippen LogP contribution in [0.25, 0.3) is 0 Å². The SMILES string of the molecule is CCc1c(C=O)ccc(C(F)(F)F)c1C. The number of alkyl halides is 3. The first-order chi connectivity index (χ1) is 6.91. The topological polar surface area (TPSA) is 17.1 Å². The molecule has 0 saturated heterocycles. The van der Waals surface area contributed by atoms with Gasteiger partial charge in [0.1, 0.15) is 6.29 Å². The van der Waals surface area contributed by atoms with E-state index in [0.717, 1.165) is 6.07 Å². The molecule has 82 valence electrons. The van der Waals surface area contributed by atoms with Crippen LogP contribution in [0.3, 0.4) is 0 Å². The monoisotopic (exact) mass is 216 g/mol. The summed E-state index contributed by atoms with van der Waals surface area (Å²) >= 11 is 0. The van der Waals surface area contributed by atoms with Gasteiger partial charge in [0, 0.05) is 5.56 Å². The zero-order valence-electron chi connectivity index (χ0n) is 8.48. The number of aldehydes is 1. The van der Waals surface area contributed by atoms with Crippen molar-refractivity contribution in [2.75, 3.05) is 0 Å². The number of hydrogen-bond acceptors (Lipinski definition) is 1. The third kappa shape index (κ3) is 2.19. The van der Waals surface area contributed by atoms with Crippen molar-refractivity contribution < 1.29 is 18.0 Å². The molecule has 0 fully saturated rings. The molecule has 1 aromatic carbocycles. The molecule has 1 rings (SSSR count). The number of carbonyl (C=O) groups excluding carboxylic acids is 1. The predicted octanol–water partition coefficient (Wildman–Crippen LogP) is 3.39. The van der Waals surface area contributed by atoms with Crippen LogP contribution in [0, 0.1) is 6.92 Å². The van der Waals surface area contributed by atoms with E-state index < -0.39 is 11.7 Å². The van der Waals surface area contributed by atoms with Crippen LogP contribution < -0.4 is 0 Å². The predicted molar refractivity (Wildman–Crippen MR) is 50.9 cm³/mol. The largest absolute Gasteiger partial charge is 0.416 e. The molecule has 1 aromatic rings. The van der Waals surface area contributed by atoms with Gasteiger partial charge >= 0.3 is 6.18 Å². The number of hydrogen-bond donors (Lipinski definition) is 0. The lowest BCUT2D eigenvalue weighted by molar-refractivity contribution is -0.138. The molecule has 0 N–H and O–H groups in total. The highest BCUT2D eigenvalue weighted by molar-refractivity contribution is 5.78. The summed E-state index contributed by atoms with van der Waals surface area (Å²) in [5, 5.41) is 0. The van der Waals surface area contributed by atoms with Gasteiger partial charge in [-0.1, -0.05) is 13.0 Å². The molecular weight excluding hydrogens is 205 g/mol. The summed E-state index contributed by atoms with van der Waals surface area (Å²) in [7, 11) is 0. The summed E-state index contributed by atoms with van der Waals surface area (Å²) in [6.07, 6.45) is -3.34. The van der Waals surface area contributed by atoms with Gasteiger partial charge < -0.3 is 0 Å². The highest BCUT2D eigenvalue weighted by Gasteiger charge is 2.33. The molecule has 0 aromatic heterocycles. The van der Waals surface area contributed by atoms with E-state index in [4.69, 9.17) is 0 Å². The van der Waals surface area contributed by atoms with Gasteiger partial charge in [-0.25, -0.2) is 0 Å². The number of rotatable bonds is 2. The lowest BCUT2D eigenvalue weighted by Gasteiger charge is -2.14. The summed E-state index contributed by atoms with van der Waals surface area (Å²) in [5.41, 5.74) is 0.294. The van der Waals surface area contributed by atoms with E-state index in [2.05, 4.69) is 0 Å². The van der Waals surface area contributed by atoms with Crippen LogP contribution in [-0.4, -0.2) is 6.29 Å². The average Bonchev–Trinajstić information content (AvgIpc) is 2.15. The second-order valence-electron chi connectivity index (χ2n) is 3.28. The number of benzene rings is 1. The first-order valence-electron chi connectivity index (χ1n) is 4.56. The van der Waals surface area contributed by atoms with Crippen LogP contribution in [-0.2, 0) is 12.6 Å². The Bertz CT molecular complexity index is 380. The van der Waals surface area contributed by atoms with Gasteiger partial charge in [0.15, 0.2) is 0 Å². The lowest BCUT2D eigenvalue weighted by Crippen LogP contribution is -2.10. The van der Waals surface area contributed by atoms with Gasteiger partial charge in [0.2, 0.25) is 0 Å². The van der Waals surface area contributed by atoms with E-state index in [-0.39, 0.29) is 5.56 Å². The summed E-state index contributed by atoms with van der Waals surface area (Å²) < 4.78 is 37.5. The minimum absolute atomic E-state index is 0.148. The van der Waals surface area contributed by atoms with Crippen LogP contribution in [0.4, 0.5) is 13.2 Å². The maximum absolute atomic E-state index is 12.5. The summed E-state index contributed by atoms with van der Waals surface area (Å²) in [4.78, 5) is 10.6. The second-order valence-corrected chi connectivity index (χ2v) is 3.28. The van der Waals surface area contributed by atoms with Gasteiger partial charge in [-0.05, 0) is 30.5 Å². The van der Waals surface area contributed by atoms with E-state index in [1.807, 2.05) is 0 Å². The molecule has 0 aliphatic rings. The Balaban J connectivity index is 3.42. The van der Waals surface area contributed by atoms with Crippen LogP contribution in [0.5, 0.6) is 0 Å². The van der Waals surface area contributed by atoms with Crippen molar-refractivity contribution in [2.24, 2.45) is 0 Å². The lowest BCUT2D eigenvalue weighted by atomic mass is 9.95. The third-order valence-electron chi connectivity index (χ3n) is 2.42. The van der Waals surface area contributed by atoms with Crippen molar-refractivity contribution >= 4 is 6.29 Å². The van der Waals surface area contributed by atoms with E-state index in [1.165, 1.54) is 13.0 Å². The Kier molecular flexibility index (Phi) is 3.17. The quantitative estimate of drug-likeness (QED) is 0.692. The fourth-order valence-corrected chi connectivity index (χ4v) is 1.66. The zero-order valence-corrected chi connectivity index (χ0v) is 8.48. The summed E-state index contributed by atoms with van der Waals surface area (Å²) in [6, 6.07) is 2.18. The molecule has 0 spiro atoms. The van der Waals surface area contributed by atoms with Crippen molar-refractivity contribution in [1.29, 1.82) is 0 Å². The minimum Gasteiger partial charge on any atom is -0.298 e. The first kappa shape index (κ1) is 11.8. The van der Waals surface area contributed by atoms with E-state index in [1.54, 1.807) is 6.92 Å². The average molecular weight is 216 g/mol. The molecule has 0 saturated carbocycles. The van der Waals surface area contributed by atoms with E-state index >= 15 is 0 Å². The fraction of sp³-hybridized carbons (Fsp3) is 0.364. The smallest absolute Gasteiger partial charge is 0.298 e. The second kappa shape index (κ2) is 4.04. The Labute approximate surface area is 85.9 Å². The molecule has 0 aliphatic heterocycles. The molecular formula is C11H11F3O. The standard InChI is InChI=1S/C11H11F3O/c1-3-9-7(2)10(11(12,13)14)5-4-8(9)6-15/h4-6H,3H2,1-2H3. The maximum atomic E-state index is 12.5. The van der Waals surface area contributed by atoms with Crippen LogP contribution in [0.1, 0.15) is 34.0 Å². The summed E-state index contributed by atoms with van der Waals surface area (Å²) in [5.74, 6) is 0. The molecule has 4 heteroatoms.